The minimum Gasteiger partial charge on any atom is -0.271 e. The lowest BCUT2D eigenvalue weighted by molar-refractivity contribution is 0.484. The quantitative estimate of drug-likeness (QED) is 0.655. The topological polar surface area (TPSA) is 53.2 Å². The van der Waals surface area contributed by atoms with Gasteiger partial charge in [0.15, 0.2) is 0 Å². The van der Waals surface area contributed by atoms with Crippen LogP contribution in [-0.2, 0) is 4.57 Å². The third-order valence-electron chi connectivity index (χ3n) is 5.16. The van der Waals surface area contributed by atoms with E-state index < -0.39 is 7.59 Å². The van der Waals surface area contributed by atoms with Crippen LogP contribution in [0.1, 0.15) is 77.0 Å². The van der Waals surface area contributed by atoms with Gasteiger partial charge in [0.2, 0.25) is 0 Å². The molecular weight excluding hydrogens is 269 g/mol. The van der Waals surface area contributed by atoms with Crippen molar-refractivity contribution in [2.75, 3.05) is 0 Å². The predicted molar refractivity (Wildman–Crippen MR) is 83.8 cm³/mol. The van der Waals surface area contributed by atoms with Crippen LogP contribution in [0, 0.1) is 0 Å². The maximum Gasteiger partial charge on any atom is 0.279 e. The highest BCUT2D eigenvalue weighted by atomic mass is 31.2. The summed E-state index contributed by atoms with van der Waals surface area (Å²) in [6.07, 6.45) is 14.8. The molecule has 0 aliphatic heterocycles. The monoisotopic (exact) mass is 299 g/mol. The van der Waals surface area contributed by atoms with Crippen LogP contribution in [0.25, 0.3) is 0 Å². The normalized spacial score (nSPS) is 26.8. The van der Waals surface area contributed by atoms with E-state index in [0.717, 1.165) is 0 Å². The van der Waals surface area contributed by atoms with E-state index in [2.05, 4.69) is 15.3 Å². The van der Waals surface area contributed by atoms with Gasteiger partial charge in [-0.05, 0) is 38.5 Å². The first-order valence-corrected chi connectivity index (χ1v) is 10.4. The Balaban J connectivity index is 1.61. The summed E-state index contributed by atoms with van der Waals surface area (Å²) in [5, 5.41) is 10.4. The molecule has 0 heterocycles. The Morgan fingerprint density at radius 3 is 1.05 bits per heavy atom. The highest BCUT2D eigenvalue weighted by Gasteiger charge is 2.33. The zero-order valence-corrected chi connectivity index (χ0v) is 13.5. The van der Waals surface area contributed by atoms with E-state index in [1.165, 1.54) is 77.0 Å². The average molecular weight is 299 g/mol. The Morgan fingerprint density at radius 1 is 0.550 bits per heavy atom. The zero-order chi connectivity index (χ0) is 13.8. The number of hydrogen-bond donors (Lipinski definition) is 3. The van der Waals surface area contributed by atoms with Crippen molar-refractivity contribution in [3.05, 3.63) is 0 Å². The Bertz CT molecular complexity index is 293. The molecule has 3 rings (SSSR count). The van der Waals surface area contributed by atoms with Gasteiger partial charge < -0.3 is 0 Å². The van der Waals surface area contributed by atoms with Crippen LogP contribution >= 0.6 is 7.59 Å². The van der Waals surface area contributed by atoms with Crippen LogP contribution < -0.4 is 15.3 Å². The van der Waals surface area contributed by atoms with Crippen molar-refractivity contribution >= 4 is 7.59 Å². The fraction of sp³-hybridized carbons (Fsp3) is 1.00. The standard InChI is InChI=1S/C15H30N3OP/c19-20(16-13-7-1-2-8-13,17-14-9-3-4-10-14)18-15-11-5-6-12-15/h13-15H,1-12H2,(H3,16,17,18,19). The third-order valence-corrected chi connectivity index (χ3v) is 7.34. The maximum absolute atomic E-state index is 13.3. The van der Waals surface area contributed by atoms with Crippen molar-refractivity contribution in [2.24, 2.45) is 0 Å². The van der Waals surface area contributed by atoms with Crippen molar-refractivity contribution in [3.8, 4) is 0 Å². The summed E-state index contributed by atoms with van der Waals surface area (Å²) in [6.45, 7) is 0. The van der Waals surface area contributed by atoms with Crippen molar-refractivity contribution in [2.45, 2.75) is 95.2 Å². The molecule has 0 bridgehead atoms. The molecule has 3 aliphatic carbocycles. The Morgan fingerprint density at radius 2 is 0.800 bits per heavy atom. The molecule has 3 N–H and O–H groups in total. The molecule has 0 spiro atoms. The fourth-order valence-electron chi connectivity index (χ4n) is 4.05. The van der Waals surface area contributed by atoms with E-state index in [9.17, 15) is 4.57 Å². The first-order valence-electron chi connectivity index (χ1n) is 8.67. The molecule has 116 valence electrons. The summed E-state index contributed by atoms with van der Waals surface area (Å²) < 4.78 is 13.3. The fourth-order valence-corrected chi connectivity index (χ4v) is 6.59. The van der Waals surface area contributed by atoms with Crippen LogP contribution in [0.3, 0.4) is 0 Å². The van der Waals surface area contributed by atoms with Gasteiger partial charge in [-0.2, -0.15) is 0 Å². The summed E-state index contributed by atoms with van der Waals surface area (Å²) in [5.41, 5.74) is 0. The number of nitrogens with one attached hydrogen (secondary N) is 3. The molecule has 0 aromatic carbocycles. The van der Waals surface area contributed by atoms with E-state index in [-0.39, 0.29) is 0 Å². The SMILES string of the molecule is O=P(NC1CCCC1)(NC1CCCC1)NC1CCCC1. The molecule has 0 aromatic rings. The lowest BCUT2D eigenvalue weighted by Crippen LogP contribution is -2.43. The van der Waals surface area contributed by atoms with Gasteiger partial charge in [-0.25, -0.2) is 15.3 Å². The molecular formula is C15H30N3OP. The first kappa shape index (κ1) is 15.0. The van der Waals surface area contributed by atoms with Crippen molar-refractivity contribution < 1.29 is 4.57 Å². The maximum atomic E-state index is 13.3. The molecule has 3 aliphatic rings. The van der Waals surface area contributed by atoms with E-state index in [1.807, 2.05) is 0 Å². The highest BCUT2D eigenvalue weighted by Crippen LogP contribution is 2.40. The van der Waals surface area contributed by atoms with Crippen LogP contribution in [0.2, 0.25) is 0 Å². The van der Waals surface area contributed by atoms with Gasteiger partial charge in [0, 0.05) is 18.1 Å². The Kier molecular flexibility index (Phi) is 5.19. The summed E-state index contributed by atoms with van der Waals surface area (Å²) >= 11 is 0. The van der Waals surface area contributed by atoms with Gasteiger partial charge in [0.05, 0.1) is 0 Å². The van der Waals surface area contributed by atoms with Gasteiger partial charge >= 0.3 is 0 Å². The van der Waals surface area contributed by atoms with Crippen LogP contribution in [-0.4, -0.2) is 18.1 Å². The van der Waals surface area contributed by atoms with Gasteiger partial charge in [0.1, 0.15) is 0 Å². The summed E-state index contributed by atoms with van der Waals surface area (Å²) in [4.78, 5) is 0. The Hall–Kier alpha value is 0.110. The van der Waals surface area contributed by atoms with Gasteiger partial charge in [-0.3, -0.25) is 4.57 Å². The minimum atomic E-state index is -2.62. The average Bonchev–Trinajstić information content (AvgIpc) is 3.11. The van der Waals surface area contributed by atoms with Gasteiger partial charge in [-0.15, -0.1) is 0 Å². The number of rotatable bonds is 6. The molecule has 3 saturated carbocycles. The van der Waals surface area contributed by atoms with Crippen molar-refractivity contribution in [1.82, 2.24) is 15.3 Å². The highest BCUT2D eigenvalue weighted by molar-refractivity contribution is 7.57. The molecule has 4 nitrogen and oxygen atoms in total. The molecule has 20 heavy (non-hydrogen) atoms. The molecule has 0 amide bonds. The second kappa shape index (κ2) is 6.91. The summed E-state index contributed by atoms with van der Waals surface area (Å²) in [7, 11) is -2.62. The number of hydrogen-bond acceptors (Lipinski definition) is 1. The first-order chi connectivity index (χ1) is 9.73. The van der Waals surface area contributed by atoms with Crippen LogP contribution in [0.4, 0.5) is 0 Å². The third kappa shape index (κ3) is 4.07. The lowest BCUT2D eigenvalue weighted by Gasteiger charge is -2.30. The Labute approximate surface area is 123 Å². The zero-order valence-electron chi connectivity index (χ0n) is 12.6. The second-order valence-corrected chi connectivity index (χ2v) is 8.93. The van der Waals surface area contributed by atoms with Crippen LogP contribution in [0.15, 0.2) is 0 Å². The molecule has 5 heteroatoms. The second-order valence-electron chi connectivity index (χ2n) is 6.94. The molecule has 0 saturated heterocycles. The largest absolute Gasteiger partial charge is 0.279 e. The van der Waals surface area contributed by atoms with Crippen LogP contribution in [0.5, 0.6) is 0 Å². The van der Waals surface area contributed by atoms with E-state index in [4.69, 9.17) is 0 Å². The molecule has 0 atom stereocenters. The van der Waals surface area contributed by atoms with E-state index in [1.54, 1.807) is 0 Å². The minimum absolute atomic E-state index is 0.448. The van der Waals surface area contributed by atoms with Crippen molar-refractivity contribution in [1.29, 1.82) is 0 Å². The van der Waals surface area contributed by atoms with Crippen molar-refractivity contribution in [3.63, 3.8) is 0 Å². The van der Waals surface area contributed by atoms with E-state index in [0.29, 0.717) is 18.1 Å². The summed E-state index contributed by atoms with van der Waals surface area (Å²) in [6, 6.07) is 1.34. The van der Waals surface area contributed by atoms with E-state index >= 15 is 0 Å². The van der Waals surface area contributed by atoms with Gasteiger partial charge in [-0.1, -0.05) is 38.5 Å². The summed E-state index contributed by atoms with van der Waals surface area (Å²) in [5.74, 6) is 0. The predicted octanol–water partition coefficient (Wildman–Crippen LogP) is 3.69. The molecule has 0 aromatic heterocycles. The smallest absolute Gasteiger partial charge is 0.271 e. The molecule has 0 unspecified atom stereocenters. The lowest BCUT2D eigenvalue weighted by atomic mass is 10.3. The molecule has 0 radical (unpaired) electrons. The van der Waals surface area contributed by atoms with Gasteiger partial charge in [0.25, 0.3) is 7.59 Å². The molecule has 3 fully saturated rings.